The second-order valence-electron chi connectivity index (χ2n) is 7.11. The highest BCUT2D eigenvalue weighted by atomic mass is 32.2. The number of benzene rings is 2. The molecule has 0 saturated carbocycles. The number of ether oxygens (including phenoxy) is 2. The van der Waals surface area contributed by atoms with E-state index in [1.807, 2.05) is 13.1 Å². The van der Waals surface area contributed by atoms with Crippen molar-refractivity contribution in [3.8, 4) is 11.5 Å². The number of piperazine rings is 1. The number of carbonyl (C=O) groups excluding carboxylic acids is 1. The molecular formula is C21H27N3O5S. The molecule has 2 aromatic carbocycles. The zero-order valence-corrected chi connectivity index (χ0v) is 18.2. The molecule has 0 unspecified atom stereocenters. The van der Waals surface area contributed by atoms with Crippen LogP contribution in [0, 0.1) is 0 Å². The average molecular weight is 434 g/mol. The molecule has 3 rings (SSSR count). The largest absolute Gasteiger partial charge is 0.493 e. The Kier molecular flexibility index (Phi) is 6.96. The first-order chi connectivity index (χ1) is 14.3. The van der Waals surface area contributed by atoms with Crippen LogP contribution in [0.3, 0.4) is 0 Å². The van der Waals surface area contributed by atoms with Gasteiger partial charge in [0.05, 0.1) is 19.1 Å². The van der Waals surface area contributed by atoms with Gasteiger partial charge in [0.1, 0.15) is 0 Å². The topological polar surface area (TPSA) is 88.2 Å². The fraction of sp³-hybridized carbons (Fsp3) is 0.381. The fourth-order valence-corrected chi connectivity index (χ4v) is 4.72. The Bertz CT molecular complexity index is 1000. The summed E-state index contributed by atoms with van der Waals surface area (Å²) >= 11 is 0. The highest BCUT2D eigenvalue weighted by molar-refractivity contribution is 7.89. The lowest BCUT2D eigenvalue weighted by atomic mass is 10.1. The summed E-state index contributed by atoms with van der Waals surface area (Å²) < 4.78 is 37.8. The van der Waals surface area contributed by atoms with E-state index in [1.54, 1.807) is 38.5 Å². The second kappa shape index (κ2) is 9.46. The van der Waals surface area contributed by atoms with Crippen molar-refractivity contribution in [2.24, 2.45) is 0 Å². The highest BCUT2D eigenvalue weighted by Crippen LogP contribution is 2.27. The Morgan fingerprint density at radius 3 is 2.37 bits per heavy atom. The monoisotopic (exact) mass is 433 g/mol. The van der Waals surface area contributed by atoms with E-state index in [-0.39, 0.29) is 17.3 Å². The van der Waals surface area contributed by atoms with Crippen LogP contribution in [0.1, 0.15) is 15.9 Å². The van der Waals surface area contributed by atoms with Crippen molar-refractivity contribution in [2.75, 3.05) is 47.4 Å². The maximum Gasteiger partial charge on any atom is 0.251 e. The van der Waals surface area contributed by atoms with Gasteiger partial charge in [-0.1, -0.05) is 12.1 Å². The summed E-state index contributed by atoms with van der Waals surface area (Å²) in [5.41, 5.74) is 1.13. The van der Waals surface area contributed by atoms with Crippen LogP contribution in [0.4, 0.5) is 0 Å². The third-order valence-corrected chi connectivity index (χ3v) is 6.99. The zero-order chi connectivity index (χ0) is 21.7. The quantitative estimate of drug-likeness (QED) is 0.713. The van der Waals surface area contributed by atoms with E-state index in [2.05, 4.69) is 10.2 Å². The van der Waals surface area contributed by atoms with Crippen LogP contribution in [0.2, 0.25) is 0 Å². The molecule has 0 atom stereocenters. The molecule has 0 radical (unpaired) electrons. The van der Waals surface area contributed by atoms with E-state index in [0.29, 0.717) is 43.2 Å². The predicted octanol–water partition coefficient (Wildman–Crippen LogP) is 1.57. The molecule has 1 aliphatic heterocycles. The van der Waals surface area contributed by atoms with Crippen LogP contribution >= 0.6 is 0 Å². The van der Waals surface area contributed by atoms with E-state index in [9.17, 15) is 13.2 Å². The maximum atomic E-state index is 12.9. The number of hydrogen-bond donors (Lipinski definition) is 1. The molecule has 8 nitrogen and oxygen atoms in total. The number of rotatable bonds is 7. The molecule has 30 heavy (non-hydrogen) atoms. The van der Waals surface area contributed by atoms with Gasteiger partial charge in [0.15, 0.2) is 11.5 Å². The van der Waals surface area contributed by atoms with Gasteiger partial charge in [0.25, 0.3) is 5.91 Å². The summed E-state index contributed by atoms with van der Waals surface area (Å²) in [6.45, 7) is 2.52. The van der Waals surface area contributed by atoms with Crippen LogP contribution in [0.15, 0.2) is 47.4 Å². The Labute approximate surface area is 177 Å². The Balaban J connectivity index is 1.70. The molecule has 0 aliphatic carbocycles. The number of likely N-dealkylation sites (N-methyl/N-ethyl adjacent to an activating group) is 1. The summed E-state index contributed by atoms with van der Waals surface area (Å²) in [4.78, 5) is 14.8. The molecule has 1 fully saturated rings. The van der Waals surface area contributed by atoms with Crippen molar-refractivity contribution in [3.05, 3.63) is 53.6 Å². The third-order valence-electron chi connectivity index (χ3n) is 5.10. The molecule has 9 heteroatoms. The zero-order valence-electron chi connectivity index (χ0n) is 17.4. The maximum absolute atomic E-state index is 12.9. The van der Waals surface area contributed by atoms with E-state index < -0.39 is 10.0 Å². The van der Waals surface area contributed by atoms with Crippen molar-refractivity contribution in [1.82, 2.24) is 14.5 Å². The van der Waals surface area contributed by atoms with E-state index in [1.165, 1.54) is 16.4 Å². The molecule has 1 heterocycles. The average Bonchev–Trinajstić information content (AvgIpc) is 2.77. The summed E-state index contributed by atoms with van der Waals surface area (Å²) in [7, 11) is 1.44. The molecule has 0 bridgehead atoms. The molecule has 1 amide bonds. The van der Waals surface area contributed by atoms with Crippen molar-refractivity contribution in [2.45, 2.75) is 11.4 Å². The standard InChI is InChI=1S/C21H27N3O5S/c1-23-9-11-24(12-10-23)30(26,27)18-6-4-5-17(14-18)21(25)22-15-16-7-8-19(28-2)20(13-16)29-3/h4-8,13-14H,9-12,15H2,1-3H3,(H,22,25). The van der Waals surface area contributed by atoms with Gasteiger partial charge in [-0.05, 0) is 42.9 Å². The third kappa shape index (κ3) is 4.92. The molecular weight excluding hydrogens is 406 g/mol. The first-order valence-electron chi connectivity index (χ1n) is 9.63. The van der Waals surface area contributed by atoms with Crippen LogP contribution in [0.5, 0.6) is 11.5 Å². The van der Waals surface area contributed by atoms with Gasteiger partial charge in [-0.2, -0.15) is 4.31 Å². The number of methoxy groups -OCH3 is 2. The lowest BCUT2D eigenvalue weighted by Gasteiger charge is -2.31. The Hall–Kier alpha value is -2.62. The number of hydrogen-bond acceptors (Lipinski definition) is 6. The van der Waals surface area contributed by atoms with Crippen molar-refractivity contribution in [3.63, 3.8) is 0 Å². The summed E-state index contributed by atoms with van der Waals surface area (Å²) in [6, 6.07) is 11.5. The SMILES string of the molecule is COc1ccc(CNC(=O)c2cccc(S(=O)(=O)N3CCN(C)CC3)c2)cc1OC. The Morgan fingerprint density at radius 2 is 1.70 bits per heavy atom. The number of nitrogens with zero attached hydrogens (tertiary/aromatic N) is 2. The van der Waals surface area contributed by atoms with Crippen molar-refractivity contribution < 1.29 is 22.7 Å². The van der Waals surface area contributed by atoms with Crippen LogP contribution in [0.25, 0.3) is 0 Å². The summed E-state index contributed by atoms with van der Waals surface area (Å²) in [5, 5.41) is 2.82. The van der Waals surface area contributed by atoms with Gasteiger partial charge < -0.3 is 19.7 Å². The predicted molar refractivity (Wildman–Crippen MR) is 113 cm³/mol. The molecule has 1 aliphatic rings. The van der Waals surface area contributed by atoms with Gasteiger partial charge in [0.2, 0.25) is 10.0 Å². The van der Waals surface area contributed by atoms with Gasteiger partial charge >= 0.3 is 0 Å². The highest BCUT2D eigenvalue weighted by Gasteiger charge is 2.27. The summed E-state index contributed by atoms with van der Waals surface area (Å²) in [6.07, 6.45) is 0. The van der Waals surface area contributed by atoms with Crippen LogP contribution in [-0.2, 0) is 16.6 Å². The normalized spacial score (nSPS) is 15.6. The number of carbonyl (C=O) groups is 1. The van der Waals surface area contributed by atoms with Crippen LogP contribution in [-0.4, -0.2) is 71.0 Å². The second-order valence-corrected chi connectivity index (χ2v) is 9.05. The lowest BCUT2D eigenvalue weighted by Crippen LogP contribution is -2.47. The smallest absolute Gasteiger partial charge is 0.251 e. The van der Waals surface area contributed by atoms with E-state index in [0.717, 1.165) is 5.56 Å². The van der Waals surface area contributed by atoms with Gasteiger partial charge in [-0.25, -0.2) is 8.42 Å². The van der Waals surface area contributed by atoms with Gasteiger partial charge in [-0.3, -0.25) is 4.79 Å². The molecule has 162 valence electrons. The molecule has 2 aromatic rings. The molecule has 0 aromatic heterocycles. The number of sulfonamides is 1. The van der Waals surface area contributed by atoms with Crippen molar-refractivity contribution >= 4 is 15.9 Å². The minimum absolute atomic E-state index is 0.130. The van der Waals surface area contributed by atoms with Gasteiger partial charge in [0, 0.05) is 38.3 Å². The van der Waals surface area contributed by atoms with Gasteiger partial charge in [-0.15, -0.1) is 0 Å². The Morgan fingerprint density at radius 1 is 1.00 bits per heavy atom. The first kappa shape index (κ1) is 22.1. The summed E-state index contributed by atoms with van der Waals surface area (Å²) in [5.74, 6) is 0.833. The minimum atomic E-state index is -3.63. The molecule has 1 saturated heterocycles. The van der Waals surface area contributed by atoms with E-state index >= 15 is 0 Å². The number of nitrogens with one attached hydrogen (secondary N) is 1. The fourth-order valence-electron chi connectivity index (χ4n) is 3.25. The van der Waals surface area contributed by atoms with Crippen molar-refractivity contribution in [1.29, 1.82) is 0 Å². The molecule has 0 spiro atoms. The number of amides is 1. The minimum Gasteiger partial charge on any atom is -0.493 e. The van der Waals surface area contributed by atoms with E-state index in [4.69, 9.17) is 9.47 Å². The first-order valence-corrected chi connectivity index (χ1v) is 11.1. The van der Waals surface area contributed by atoms with Crippen LogP contribution < -0.4 is 14.8 Å². The lowest BCUT2D eigenvalue weighted by molar-refractivity contribution is 0.0950. The molecule has 1 N–H and O–H groups in total.